The molecule has 21 heavy (non-hydrogen) atoms. The van der Waals surface area contributed by atoms with E-state index in [1.54, 1.807) is 6.20 Å². The molecule has 0 amide bonds. The Balaban J connectivity index is 2.15. The monoisotopic (exact) mass is 287 g/mol. The molecule has 0 aromatic carbocycles. The first-order chi connectivity index (χ1) is 10.1. The van der Waals surface area contributed by atoms with Crippen LogP contribution in [0.1, 0.15) is 25.1 Å². The van der Waals surface area contributed by atoms with E-state index in [1.807, 2.05) is 37.8 Å². The van der Waals surface area contributed by atoms with Crippen LogP contribution in [-0.4, -0.2) is 33.0 Å². The van der Waals surface area contributed by atoms with E-state index in [-0.39, 0.29) is 5.95 Å². The van der Waals surface area contributed by atoms with Crippen molar-refractivity contribution in [3.8, 4) is 0 Å². The summed E-state index contributed by atoms with van der Waals surface area (Å²) in [5.74, 6) is 1.27. The molecular formula is C14H21N7. The van der Waals surface area contributed by atoms with Crippen LogP contribution in [-0.2, 0) is 6.54 Å². The van der Waals surface area contributed by atoms with Gasteiger partial charge in [0.15, 0.2) is 0 Å². The number of pyridine rings is 1. The Kier molecular flexibility index (Phi) is 4.86. The van der Waals surface area contributed by atoms with Crippen LogP contribution < -0.4 is 16.0 Å². The largest absolute Gasteiger partial charge is 0.368 e. The Bertz CT molecular complexity index is 596. The minimum atomic E-state index is 0.215. The second-order valence-electron chi connectivity index (χ2n) is 4.61. The lowest BCUT2D eigenvalue weighted by atomic mass is 10.2. The maximum Gasteiger partial charge on any atom is 0.231 e. The molecule has 0 fully saturated rings. The van der Waals surface area contributed by atoms with E-state index in [0.717, 1.165) is 24.3 Å². The first-order valence-corrected chi connectivity index (χ1v) is 7.04. The van der Waals surface area contributed by atoms with Crippen molar-refractivity contribution in [2.75, 3.05) is 29.0 Å². The Labute approximate surface area is 124 Å². The lowest BCUT2D eigenvalue weighted by molar-refractivity contribution is 0.813. The Hall–Kier alpha value is -2.44. The third-order valence-corrected chi connectivity index (χ3v) is 3.22. The van der Waals surface area contributed by atoms with Gasteiger partial charge in [-0.05, 0) is 32.4 Å². The zero-order valence-corrected chi connectivity index (χ0v) is 12.7. The van der Waals surface area contributed by atoms with Crippen molar-refractivity contribution < 1.29 is 0 Å². The van der Waals surface area contributed by atoms with Crippen molar-refractivity contribution >= 4 is 17.8 Å². The predicted octanol–water partition coefficient (Wildman–Crippen LogP) is 1.62. The van der Waals surface area contributed by atoms with E-state index in [2.05, 4.69) is 25.3 Å². The standard InChI is InChI=1S/C14H21N7/c1-4-21(5-2)14-19-12(15)18-13(20-14)17-9-11-10(3)7-6-8-16-11/h6-8H,4-5,9H2,1-3H3,(H3,15,17,18,19,20). The molecule has 7 nitrogen and oxygen atoms in total. The normalized spacial score (nSPS) is 10.4. The lowest BCUT2D eigenvalue weighted by Crippen LogP contribution is -2.25. The van der Waals surface area contributed by atoms with Gasteiger partial charge in [-0.3, -0.25) is 4.98 Å². The first kappa shape index (κ1) is 15.0. The van der Waals surface area contributed by atoms with E-state index in [0.29, 0.717) is 18.4 Å². The number of anilines is 3. The third-order valence-electron chi connectivity index (χ3n) is 3.22. The second-order valence-corrected chi connectivity index (χ2v) is 4.61. The highest BCUT2D eigenvalue weighted by molar-refractivity contribution is 5.42. The van der Waals surface area contributed by atoms with E-state index in [9.17, 15) is 0 Å². The van der Waals surface area contributed by atoms with Crippen molar-refractivity contribution in [1.82, 2.24) is 19.9 Å². The summed E-state index contributed by atoms with van der Waals surface area (Å²) in [6.07, 6.45) is 1.77. The van der Waals surface area contributed by atoms with Crippen LogP contribution in [0.3, 0.4) is 0 Å². The zero-order valence-electron chi connectivity index (χ0n) is 12.7. The van der Waals surface area contributed by atoms with Crippen LogP contribution >= 0.6 is 0 Å². The predicted molar refractivity (Wildman–Crippen MR) is 84.1 cm³/mol. The Morgan fingerprint density at radius 3 is 2.62 bits per heavy atom. The van der Waals surface area contributed by atoms with E-state index in [1.165, 1.54) is 0 Å². The van der Waals surface area contributed by atoms with Gasteiger partial charge >= 0.3 is 0 Å². The molecule has 112 valence electrons. The number of nitrogens with two attached hydrogens (primary N) is 1. The summed E-state index contributed by atoms with van der Waals surface area (Å²) < 4.78 is 0. The van der Waals surface area contributed by atoms with Crippen LogP contribution in [0.25, 0.3) is 0 Å². The summed E-state index contributed by atoms with van der Waals surface area (Å²) in [7, 11) is 0. The minimum Gasteiger partial charge on any atom is -0.368 e. The van der Waals surface area contributed by atoms with E-state index >= 15 is 0 Å². The van der Waals surface area contributed by atoms with Crippen molar-refractivity contribution in [1.29, 1.82) is 0 Å². The van der Waals surface area contributed by atoms with Crippen molar-refractivity contribution in [2.24, 2.45) is 0 Å². The molecule has 3 N–H and O–H groups in total. The zero-order chi connectivity index (χ0) is 15.2. The van der Waals surface area contributed by atoms with Crippen LogP contribution in [0, 0.1) is 6.92 Å². The van der Waals surface area contributed by atoms with Crippen molar-refractivity contribution in [2.45, 2.75) is 27.3 Å². The van der Waals surface area contributed by atoms with Crippen LogP contribution in [0.2, 0.25) is 0 Å². The van der Waals surface area contributed by atoms with Gasteiger partial charge in [-0.25, -0.2) is 0 Å². The van der Waals surface area contributed by atoms with Crippen molar-refractivity contribution in [3.63, 3.8) is 0 Å². The molecule has 0 bridgehead atoms. The molecule has 7 heteroatoms. The average molecular weight is 287 g/mol. The molecule has 0 aliphatic heterocycles. The van der Waals surface area contributed by atoms with Crippen LogP contribution in [0.15, 0.2) is 18.3 Å². The molecule has 2 rings (SSSR count). The first-order valence-electron chi connectivity index (χ1n) is 7.04. The number of rotatable bonds is 6. The SMILES string of the molecule is CCN(CC)c1nc(N)nc(NCc2ncccc2C)n1. The molecule has 0 aliphatic rings. The van der Waals surface area contributed by atoms with Gasteiger partial charge in [-0.15, -0.1) is 0 Å². The quantitative estimate of drug-likeness (QED) is 0.833. The van der Waals surface area contributed by atoms with Gasteiger partial charge in [0, 0.05) is 19.3 Å². The fraction of sp³-hybridized carbons (Fsp3) is 0.429. The number of nitrogens with zero attached hydrogens (tertiary/aromatic N) is 5. The molecular weight excluding hydrogens is 266 g/mol. The van der Waals surface area contributed by atoms with E-state index in [4.69, 9.17) is 5.73 Å². The van der Waals surface area contributed by atoms with Gasteiger partial charge in [-0.2, -0.15) is 15.0 Å². The summed E-state index contributed by atoms with van der Waals surface area (Å²) in [5, 5.41) is 3.15. The third kappa shape index (κ3) is 3.77. The lowest BCUT2D eigenvalue weighted by Gasteiger charge is -2.19. The molecule has 0 unspecified atom stereocenters. The van der Waals surface area contributed by atoms with Gasteiger partial charge in [0.25, 0.3) is 0 Å². The summed E-state index contributed by atoms with van der Waals surface area (Å²) in [5.41, 5.74) is 7.84. The summed E-state index contributed by atoms with van der Waals surface area (Å²) in [6.45, 7) is 8.31. The van der Waals surface area contributed by atoms with Gasteiger partial charge in [0.05, 0.1) is 12.2 Å². The van der Waals surface area contributed by atoms with Crippen molar-refractivity contribution in [3.05, 3.63) is 29.6 Å². The topological polar surface area (TPSA) is 92.9 Å². The smallest absolute Gasteiger partial charge is 0.231 e. The molecule has 0 spiro atoms. The Morgan fingerprint density at radius 1 is 1.19 bits per heavy atom. The van der Waals surface area contributed by atoms with Crippen LogP contribution in [0.4, 0.5) is 17.8 Å². The fourth-order valence-electron chi connectivity index (χ4n) is 1.97. The highest BCUT2D eigenvalue weighted by atomic mass is 15.3. The number of aromatic nitrogens is 4. The maximum absolute atomic E-state index is 5.76. The van der Waals surface area contributed by atoms with Gasteiger partial charge in [-0.1, -0.05) is 6.07 Å². The Morgan fingerprint density at radius 2 is 1.95 bits per heavy atom. The number of nitrogen functional groups attached to an aromatic ring is 1. The van der Waals surface area contributed by atoms with E-state index < -0.39 is 0 Å². The number of hydrogen-bond acceptors (Lipinski definition) is 7. The molecule has 0 radical (unpaired) electrons. The number of aryl methyl sites for hydroxylation is 1. The summed E-state index contributed by atoms with van der Waals surface area (Å²) in [6, 6.07) is 3.94. The molecule has 2 aromatic rings. The summed E-state index contributed by atoms with van der Waals surface area (Å²) >= 11 is 0. The molecule has 0 aliphatic carbocycles. The molecule has 2 aromatic heterocycles. The molecule has 2 heterocycles. The minimum absolute atomic E-state index is 0.215. The van der Waals surface area contributed by atoms with Gasteiger partial charge in [0.2, 0.25) is 17.8 Å². The second kappa shape index (κ2) is 6.83. The number of hydrogen-bond donors (Lipinski definition) is 2. The highest BCUT2D eigenvalue weighted by Crippen LogP contribution is 2.13. The highest BCUT2D eigenvalue weighted by Gasteiger charge is 2.10. The molecule has 0 saturated carbocycles. The van der Waals surface area contributed by atoms with Crippen LogP contribution in [0.5, 0.6) is 0 Å². The summed E-state index contributed by atoms with van der Waals surface area (Å²) in [4.78, 5) is 19.1. The number of nitrogens with one attached hydrogen (secondary N) is 1. The van der Waals surface area contributed by atoms with Gasteiger partial charge < -0.3 is 16.0 Å². The maximum atomic E-state index is 5.76. The fourth-order valence-corrected chi connectivity index (χ4v) is 1.97. The average Bonchev–Trinajstić information content (AvgIpc) is 2.47. The molecule has 0 saturated heterocycles. The van der Waals surface area contributed by atoms with Gasteiger partial charge in [0.1, 0.15) is 0 Å². The molecule has 0 atom stereocenters.